The van der Waals surface area contributed by atoms with Crippen molar-refractivity contribution in [2.45, 2.75) is 19.2 Å². The average Bonchev–Trinajstić information content (AvgIpc) is 2.84. The first kappa shape index (κ1) is 15.7. The summed E-state index contributed by atoms with van der Waals surface area (Å²) in [6.07, 6.45) is 1.77. The second-order valence-electron chi connectivity index (χ2n) is 4.84. The van der Waals surface area contributed by atoms with Crippen molar-refractivity contribution < 1.29 is 8.42 Å². The highest BCUT2D eigenvalue weighted by Crippen LogP contribution is 2.03. The normalized spacial score (nSPS) is 11.7. The quantitative estimate of drug-likeness (QED) is 0.633. The standard InChI is InChI=1S/C14H20N4O2S/c1-12-14(10-16-18-12)9-15-7-8-17-21(19,20)11-13-5-3-2-4-6-13/h2-6,10,15,17H,7-9,11H2,1H3,(H,16,18). The maximum absolute atomic E-state index is 11.9. The Morgan fingerprint density at radius 3 is 2.62 bits per heavy atom. The molecular weight excluding hydrogens is 288 g/mol. The minimum absolute atomic E-state index is 0.00861. The first-order valence-corrected chi connectivity index (χ1v) is 8.43. The number of aryl methyl sites for hydroxylation is 1. The Hall–Kier alpha value is -1.70. The second-order valence-corrected chi connectivity index (χ2v) is 6.64. The van der Waals surface area contributed by atoms with Crippen molar-refractivity contribution in [3.8, 4) is 0 Å². The van der Waals surface area contributed by atoms with Gasteiger partial charge in [0.2, 0.25) is 10.0 Å². The van der Waals surface area contributed by atoms with E-state index in [2.05, 4.69) is 20.2 Å². The summed E-state index contributed by atoms with van der Waals surface area (Å²) in [6.45, 7) is 3.56. The topological polar surface area (TPSA) is 86.9 Å². The minimum Gasteiger partial charge on any atom is -0.311 e. The highest BCUT2D eigenvalue weighted by atomic mass is 32.2. The Morgan fingerprint density at radius 1 is 1.19 bits per heavy atom. The van der Waals surface area contributed by atoms with Crippen LogP contribution in [0.3, 0.4) is 0 Å². The Balaban J connectivity index is 1.69. The lowest BCUT2D eigenvalue weighted by atomic mass is 10.2. The summed E-state index contributed by atoms with van der Waals surface area (Å²) in [6, 6.07) is 9.14. The van der Waals surface area contributed by atoms with Gasteiger partial charge in [-0.2, -0.15) is 5.10 Å². The maximum Gasteiger partial charge on any atom is 0.215 e. The predicted octanol–water partition coefficient (Wildman–Crippen LogP) is 0.927. The Morgan fingerprint density at radius 2 is 1.95 bits per heavy atom. The highest BCUT2D eigenvalue weighted by Gasteiger charge is 2.10. The van der Waals surface area contributed by atoms with E-state index in [4.69, 9.17) is 0 Å². The molecule has 114 valence electrons. The molecule has 2 aromatic rings. The number of rotatable bonds is 8. The number of hydrogen-bond donors (Lipinski definition) is 3. The molecule has 1 aromatic heterocycles. The molecule has 0 radical (unpaired) electrons. The van der Waals surface area contributed by atoms with Gasteiger partial charge in [0.1, 0.15) is 0 Å². The maximum atomic E-state index is 11.9. The van der Waals surface area contributed by atoms with Gasteiger partial charge in [-0.3, -0.25) is 5.10 Å². The van der Waals surface area contributed by atoms with Gasteiger partial charge in [-0.05, 0) is 12.5 Å². The van der Waals surface area contributed by atoms with Gasteiger partial charge in [0, 0.05) is 30.9 Å². The SMILES string of the molecule is Cc1[nH]ncc1CNCCNS(=O)(=O)Cc1ccccc1. The zero-order valence-electron chi connectivity index (χ0n) is 12.0. The fourth-order valence-corrected chi connectivity index (χ4v) is 3.06. The number of sulfonamides is 1. The summed E-state index contributed by atoms with van der Waals surface area (Å²) in [5.74, 6) is 0.00861. The van der Waals surface area contributed by atoms with E-state index in [0.717, 1.165) is 16.8 Å². The van der Waals surface area contributed by atoms with Gasteiger partial charge in [0.15, 0.2) is 0 Å². The van der Waals surface area contributed by atoms with Gasteiger partial charge in [-0.15, -0.1) is 0 Å². The van der Waals surface area contributed by atoms with Crippen LogP contribution in [0.5, 0.6) is 0 Å². The molecule has 0 bridgehead atoms. The molecule has 0 aliphatic rings. The van der Waals surface area contributed by atoms with Crippen molar-refractivity contribution in [3.63, 3.8) is 0 Å². The van der Waals surface area contributed by atoms with Crippen LogP contribution in [0.2, 0.25) is 0 Å². The molecule has 6 nitrogen and oxygen atoms in total. The third-order valence-corrected chi connectivity index (χ3v) is 4.43. The molecule has 0 unspecified atom stereocenters. The minimum atomic E-state index is -3.29. The van der Waals surface area contributed by atoms with E-state index in [1.807, 2.05) is 25.1 Å². The largest absolute Gasteiger partial charge is 0.311 e. The van der Waals surface area contributed by atoms with Crippen molar-refractivity contribution in [2.75, 3.05) is 13.1 Å². The number of aromatic nitrogens is 2. The summed E-state index contributed by atoms with van der Waals surface area (Å²) in [5.41, 5.74) is 2.89. The molecule has 21 heavy (non-hydrogen) atoms. The lowest BCUT2D eigenvalue weighted by Gasteiger charge is -2.08. The number of aromatic amines is 1. The van der Waals surface area contributed by atoms with Crippen molar-refractivity contribution >= 4 is 10.0 Å². The lowest BCUT2D eigenvalue weighted by molar-refractivity contribution is 0.575. The molecule has 1 heterocycles. The summed E-state index contributed by atoms with van der Waals surface area (Å²) in [5, 5.41) is 9.97. The number of nitrogens with one attached hydrogen (secondary N) is 3. The second kappa shape index (κ2) is 7.35. The molecule has 7 heteroatoms. The number of H-pyrrole nitrogens is 1. The molecule has 2 rings (SSSR count). The van der Waals surface area contributed by atoms with Gasteiger partial charge in [0.05, 0.1) is 11.9 Å². The van der Waals surface area contributed by atoms with Crippen molar-refractivity contribution in [1.82, 2.24) is 20.2 Å². The van der Waals surface area contributed by atoms with E-state index in [1.165, 1.54) is 0 Å². The van der Waals surface area contributed by atoms with Crippen LogP contribution >= 0.6 is 0 Å². The lowest BCUT2D eigenvalue weighted by Crippen LogP contribution is -2.32. The van der Waals surface area contributed by atoms with Crippen LogP contribution < -0.4 is 10.0 Å². The molecule has 0 amide bonds. The first-order valence-electron chi connectivity index (χ1n) is 6.78. The molecule has 0 aliphatic heterocycles. The molecule has 0 atom stereocenters. The number of benzene rings is 1. The number of hydrogen-bond acceptors (Lipinski definition) is 4. The van der Waals surface area contributed by atoms with Crippen LogP contribution in [0.15, 0.2) is 36.5 Å². The third kappa shape index (κ3) is 5.30. The highest BCUT2D eigenvalue weighted by molar-refractivity contribution is 7.88. The summed E-state index contributed by atoms with van der Waals surface area (Å²) in [7, 11) is -3.29. The van der Waals surface area contributed by atoms with Crippen LogP contribution in [0.1, 0.15) is 16.8 Å². The molecule has 0 saturated carbocycles. The zero-order valence-corrected chi connectivity index (χ0v) is 12.8. The van der Waals surface area contributed by atoms with Crippen LogP contribution in [-0.2, 0) is 22.3 Å². The summed E-state index contributed by atoms with van der Waals surface area (Å²) >= 11 is 0. The molecule has 0 fully saturated rings. The molecule has 3 N–H and O–H groups in total. The van der Waals surface area contributed by atoms with Gasteiger partial charge in [-0.25, -0.2) is 13.1 Å². The predicted molar refractivity (Wildman–Crippen MR) is 82.1 cm³/mol. The monoisotopic (exact) mass is 308 g/mol. The van der Waals surface area contributed by atoms with Crippen LogP contribution in [0, 0.1) is 6.92 Å². The third-order valence-electron chi connectivity index (χ3n) is 3.07. The first-order chi connectivity index (χ1) is 10.1. The van der Waals surface area contributed by atoms with Crippen LogP contribution in [-0.4, -0.2) is 31.7 Å². The molecule has 0 saturated heterocycles. The summed E-state index contributed by atoms with van der Waals surface area (Å²) < 4.78 is 26.4. The molecular formula is C14H20N4O2S. The van der Waals surface area contributed by atoms with Gasteiger partial charge < -0.3 is 5.32 Å². The fraction of sp³-hybridized carbons (Fsp3) is 0.357. The van der Waals surface area contributed by atoms with Crippen LogP contribution in [0.4, 0.5) is 0 Å². The van der Waals surface area contributed by atoms with E-state index in [9.17, 15) is 8.42 Å². The Labute approximate surface area is 125 Å². The van der Waals surface area contributed by atoms with E-state index in [-0.39, 0.29) is 5.75 Å². The van der Waals surface area contributed by atoms with Gasteiger partial charge in [0.25, 0.3) is 0 Å². The van der Waals surface area contributed by atoms with Gasteiger partial charge in [-0.1, -0.05) is 30.3 Å². The van der Waals surface area contributed by atoms with Crippen molar-refractivity contribution in [1.29, 1.82) is 0 Å². The summed E-state index contributed by atoms with van der Waals surface area (Å²) in [4.78, 5) is 0. The van der Waals surface area contributed by atoms with Crippen LogP contribution in [0.25, 0.3) is 0 Å². The smallest absolute Gasteiger partial charge is 0.215 e. The fourth-order valence-electron chi connectivity index (χ4n) is 1.92. The Bertz CT molecular complexity index is 653. The van der Waals surface area contributed by atoms with Crippen molar-refractivity contribution in [2.24, 2.45) is 0 Å². The van der Waals surface area contributed by atoms with Crippen molar-refractivity contribution in [3.05, 3.63) is 53.3 Å². The van der Waals surface area contributed by atoms with E-state index >= 15 is 0 Å². The zero-order chi connectivity index (χ0) is 15.1. The van der Waals surface area contributed by atoms with Gasteiger partial charge >= 0.3 is 0 Å². The molecule has 0 spiro atoms. The van der Waals surface area contributed by atoms with E-state index in [1.54, 1.807) is 18.3 Å². The number of nitrogens with zero attached hydrogens (tertiary/aromatic N) is 1. The van der Waals surface area contributed by atoms with E-state index in [0.29, 0.717) is 19.6 Å². The molecule has 1 aromatic carbocycles. The average molecular weight is 308 g/mol. The Kier molecular flexibility index (Phi) is 5.49. The van der Waals surface area contributed by atoms with E-state index < -0.39 is 10.0 Å². The molecule has 0 aliphatic carbocycles.